The largest absolute Gasteiger partial charge is 0.365 e. The predicted octanol–water partition coefficient (Wildman–Crippen LogP) is 3.85. The zero-order valence-corrected chi connectivity index (χ0v) is 17.4. The number of nitrogens with two attached hydrogens (primary N) is 2. The van der Waals surface area contributed by atoms with Crippen molar-refractivity contribution in [3.8, 4) is 0 Å². The van der Waals surface area contributed by atoms with E-state index in [-0.39, 0.29) is 29.3 Å². The molecule has 0 radical (unpaired) electrons. The number of carbonyl (C=O) groups is 1. The Labute approximate surface area is 175 Å². The average molecular weight is 410 g/mol. The van der Waals surface area contributed by atoms with Crippen molar-refractivity contribution in [2.45, 2.75) is 45.7 Å². The van der Waals surface area contributed by atoms with Crippen molar-refractivity contribution in [2.75, 3.05) is 10.6 Å². The molecule has 8 heteroatoms. The van der Waals surface area contributed by atoms with Crippen molar-refractivity contribution in [2.24, 2.45) is 11.5 Å². The molecule has 0 bridgehead atoms. The number of nitrogens with zero attached hydrogens (tertiary/aromatic N) is 2. The molecule has 2 heterocycles. The monoisotopic (exact) mass is 410 g/mol. The van der Waals surface area contributed by atoms with Crippen LogP contribution in [0.5, 0.6) is 0 Å². The highest BCUT2D eigenvalue weighted by molar-refractivity contribution is 5.99. The molecule has 3 rings (SSSR count). The lowest BCUT2D eigenvalue weighted by atomic mass is 10.1. The minimum Gasteiger partial charge on any atom is -0.365 e. The molecule has 0 spiro atoms. The third-order valence-electron chi connectivity index (χ3n) is 5.02. The van der Waals surface area contributed by atoms with E-state index in [1.165, 1.54) is 0 Å². The van der Waals surface area contributed by atoms with Crippen molar-refractivity contribution >= 4 is 34.0 Å². The molecular formula is C22H27FN6O. The van der Waals surface area contributed by atoms with Crippen LogP contribution in [0.2, 0.25) is 0 Å². The summed E-state index contributed by atoms with van der Waals surface area (Å²) in [5, 5.41) is 8.16. The lowest BCUT2D eigenvalue weighted by Gasteiger charge is -2.23. The molecule has 6 N–H and O–H groups in total. The molecule has 0 fully saturated rings. The van der Waals surface area contributed by atoms with Crippen LogP contribution in [0, 0.1) is 12.7 Å². The second kappa shape index (κ2) is 9.04. The van der Waals surface area contributed by atoms with Crippen LogP contribution < -0.4 is 22.1 Å². The van der Waals surface area contributed by atoms with Gasteiger partial charge in [0, 0.05) is 35.0 Å². The molecule has 158 valence electrons. The summed E-state index contributed by atoms with van der Waals surface area (Å²) < 4.78 is 14.6. The summed E-state index contributed by atoms with van der Waals surface area (Å²) >= 11 is 0. The van der Waals surface area contributed by atoms with Crippen molar-refractivity contribution in [3.63, 3.8) is 0 Å². The maximum atomic E-state index is 14.6. The van der Waals surface area contributed by atoms with Gasteiger partial charge >= 0.3 is 0 Å². The van der Waals surface area contributed by atoms with Crippen LogP contribution in [0.3, 0.4) is 0 Å². The van der Waals surface area contributed by atoms with Crippen LogP contribution in [0.4, 0.5) is 21.7 Å². The zero-order chi connectivity index (χ0) is 21.8. The number of pyridine rings is 2. The molecule has 0 aliphatic carbocycles. The maximum Gasteiger partial charge on any atom is 0.252 e. The standard InChI is InChI=1S/C22H27FN6O/c1-4-5-19(12(2)24)28-22-18(23)11-17(20(25)30)21(29-22)27-15-6-7-16-13(3)26-9-8-14(16)10-15/h6-12,19H,4-5,24H2,1-3H3,(H2,25,30)(H2,27,28,29)/t12-,19+/m0/s1. The third kappa shape index (κ3) is 4.65. The van der Waals surface area contributed by atoms with Crippen molar-refractivity contribution in [1.29, 1.82) is 0 Å². The van der Waals surface area contributed by atoms with E-state index in [0.29, 0.717) is 5.69 Å². The number of hydrogen-bond acceptors (Lipinski definition) is 6. The van der Waals surface area contributed by atoms with Crippen LogP contribution in [-0.4, -0.2) is 28.0 Å². The van der Waals surface area contributed by atoms with Gasteiger partial charge in [-0.2, -0.15) is 0 Å². The number of aromatic nitrogens is 2. The number of benzene rings is 1. The molecule has 2 aromatic heterocycles. The minimum atomic E-state index is -0.770. The molecule has 7 nitrogen and oxygen atoms in total. The second-order valence-corrected chi connectivity index (χ2v) is 7.44. The van der Waals surface area contributed by atoms with Crippen molar-refractivity contribution in [1.82, 2.24) is 9.97 Å². The summed E-state index contributed by atoms with van der Waals surface area (Å²) in [7, 11) is 0. The number of hydrogen-bond donors (Lipinski definition) is 4. The van der Waals surface area contributed by atoms with Crippen LogP contribution in [0.1, 0.15) is 42.7 Å². The zero-order valence-electron chi connectivity index (χ0n) is 17.4. The predicted molar refractivity (Wildman–Crippen MR) is 118 cm³/mol. The minimum absolute atomic E-state index is 0.0269. The number of carbonyl (C=O) groups excluding carboxylic acids is 1. The van der Waals surface area contributed by atoms with Gasteiger partial charge in [0.15, 0.2) is 11.6 Å². The fourth-order valence-electron chi connectivity index (χ4n) is 3.37. The van der Waals surface area contributed by atoms with Gasteiger partial charge < -0.3 is 22.1 Å². The maximum absolute atomic E-state index is 14.6. The van der Waals surface area contributed by atoms with E-state index >= 15 is 0 Å². The summed E-state index contributed by atoms with van der Waals surface area (Å²) in [4.78, 5) is 20.5. The van der Waals surface area contributed by atoms with Gasteiger partial charge in [0.25, 0.3) is 5.91 Å². The van der Waals surface area contributed by atoms with Gasteiger partial charge in [-0.3, -0.25) is 9.78 Å². The van der Waals surface area contributed by atoms with E-state index in [4.69, 9.17) is 11.5 Å². The van der Waals surface area contributed by atoms with E-state index in [1.807, 2.05) is 45.0 Å². The molecule has 1 amide bonds. The van der Waals surface area contributed by atoms with Gasteiger partial charge in [-0.05, 0) is 49.9 Å². The van der Waals surface area contributed by atoms with Crippen LogP contribution in [-0.2, 0) is 0 Å². The van der Waals surface area contributed by atoms with Gasteiger partial charge in [-0.1, -0.05) is 19.4 Å². The summed E-state index contributed by atoms with van der Waals surface area (Å²) in [6.07, 6.45) is 3.38. The Morgan fingerprint density at radius 2 is 2.00 bits per heavy atom. The summed E-state index contributed by atoms with van der Waals surface area (Å²) in [6, 6.07) is 8.33. The van der Waals surface area contributed by atoms with Crippen LogP contribution in [0.25, 0.3) is 10.8 Å². The highest BCUT2D eigenvalue weighted by atomic mass is 19.1. The Morgan fingerprint density at radius 1 is 1.23 bits per heavy atom. The number of anilines is 3. The van der Waals surface area contributed by atoms with Crippen molar-refractivity contribution < 1.29 is 9.18 Å². The van der Waals surface area contributed by atoms with Gasteiger partial charge in [0.2, 0.25) is 0 Å². The average Bonchev–Trinajstić information content (AvgIpc) is 2.69. The van der Waals surface area contributed by atoms with Gasteiger partial charge in [0.05, 0.1) is 5.56 Å². The lowest BCUT2D eigenvalue weighted by Crippen LogP contribution is -2.38. The number of halogens is 1. The molecule has 0 aliphatic rings. The van der Waals surface area contributed by atoms with E-state index in [1.54, 1.807) is 6.20 Å². The summed E-state index contributed by atoms with van der Waals surface area (Å²) in [5.41, 5.74) is 13.1. The normalized spacial score (nSPS) is 13.1. The molecule has 3 aromatic rings. The first kappa shape index (κ1) is 21.4. The number of nitrogens with one attached hydrogen (secondary N) is 2. The molecule has 0 aliphatic heterocycles. The Kier molecular flexibility index (Phi) is 6.47. The molecule has 0 saturated heterocycles. The van der Waals surface area contributed by atoms with Crippen LogP contribution in [0.15, 0.2) is 36.5 Å². The van der Waals surface area contributed by atoms with E-state index in [0.717, 1.165) is 35.4 Å². The number of fused-ring (bicyclic) bond motifs is 1. The van der Waals surface area contributed by atoms with E-state index < -0.39 is 11.7 Å². The first-order valence-corrected chi connectivity index (χ1v) is 9.95. The smallest absolute Gasteiger partial charge is 0.252 e. The van der Waals surface area contributed by atoms with Gasteiger partial charge in [-0.15, -0.1) is 0 Å². The van der Waals surface area contributed by atoms with Gasteiger partial charge in [0.1, 0.15) is 5.82 Å². The number of aryl methyl sites for hydroxylation is 1. The van der Waals surface area contributed by atoms with Gasteiger partial charge in [-0.25, -0.2) is 9.37 Å². The Bertz CT molecular complexity index is 1070. The van der Waals surface area contributed by atoms with Crippen LogP contribution >= 0.6 is 0 Å². The Balaban J connectivity index is 1.99. The van der Waals surface area contributed by atoms with E-state index in [2.05, 4.69) is 20.6 Å². The second-order valence-electron chi connectivity index (χ2n) is 7.44. The Hall–Kier alpha value is -3.26. The first-order valence-electron chi connectivity index (χ1n) is 9.95. The quantitative estimate of drug-likeness (QED) is 0.448. The molecule has 0 saturated carbocycles. The molecular weight excluding hydrogens is 383 g/mol. The molecule has 0 unspecified atom stereocenters. The SMILES string of the molecule is CCC[C@@H](Nc1nc(Nc2ccc3c(C)nccc3c2)c(C(N)=O)cc1F)[C@H](C)N. The number of primary amides is 1. The number of rotatable bonds is 8. The van der Waals surface area contributed by atoms with Crippen molar-refractivity contribution in [3.05, 3.63) is 53.6 Å². The fourth-order valence-corrected chi connectivity index (χ4v) is 3.37. The Morgan fingerprint density at radius 3 is 2.67 bits per heavy atom. The first-order chi connectivity index (χ1) is 14.3. The third-order valence-corrected chi connectivity index (χ3v) is 5.02. The highest BCUT2D eigenvalue weighted by Crippen LogP contribution is 2.27. The summed E-state index contributed by atoms with van der Waals surface area (Å²) in [5.74, 6) is -1.22. The fraction of sp³-hybridized carbons (Fsp3) is 0.318. The molecule has 30 heavy (non-hydrogen) atoms. The topological polar surface area (TPSA) is 119 Å². The summed E-state index contributed by atoms with van der Waals surface area (Å²) in [6.45, 7) is 5.82. The highest BCUT2D eigenvalue weighted by Gasteiger charge is 2.20. The molecule has 2 atom stereocenters. The van der Waals surface area contributed by atoms with E-state index in [9.17, 15) is 9.18 Å². The lowest BCUT2D eigenvalue weighted by molar-refractivity contribution is 0.100. The number of amides is 1. The molecule has 1 aromatic carbocycles.